The highest BCUT2D eigenvalue weighted by Gasteiger charge is 2.35. The minimum absolute atomic E-state index is 0.0500. The number of furan rings is 1. The fourth-order valence-electron chi connectivity index (χ4n) is 2.25. The summed E-state index contributed by atoms with van der Waals surface area (Å²) in [6.07, 6.45) is 2.25. The Morgan fingerprint density at radius 2 is 1.87 bits per heavy atom. The molecule has 0 fully saturated rings. The van der Waals surface area contributed by atoms with Crippen molar-refractivity contribution in [2.24, 2.45) is 0 Å². The molecule has 1 aliphatic carbocycles. The number of hydrogen-bond donors (Lipinski definition) is 0. The average molecular weight is 198 g/mol. The van der Waals surface area contributed by atoms with Crippen molar-refractivity contribution in [3.63, 3.8) is 0 Å². The molecular formula is C14H14O. The molecule has 2 aromatic rings. The SMILES string of the molecule is CC1=Cc2c(oc3ccccc23)C1(C)C. The van der Waals surface area contributed by atoms with Crippen LogP contribution in [0.3, 0.4) is 0 Å². The number of para-hydroxylation sites is 1. The predicted octanol–water partition coefficient (Wildman–Crippen LogP) is 4.13. The van der Waals surface area contributed by atoms with E-state index in [1.54, 1.807) is 0 Å². The van der Waals surface area contributed by atoms with Crippen LogP contribution in [0, 0.1) is 0 Å². The summed E-state index contributed by atoms with van der Waals surface area (Å²) in [4.78, 5) is 0. The van der Waals surface area contributed by atoms with E-state index in [-0.39, 0.29) is 5.41 Å². The first-order valence-corrected chi connectivity index (χ1v) is 5.31. The molecule has 76 valence electrons. The van der Waals surface area contributed by atoms with Crippen molar-refractivity contribution in [1.29, 1.82) is 0 Å². The fourth-order valence-corrected chi connectivity index (χ4v) is 2.25. The maximum Gasteiger partial charge on any atom is 0.134 e. The van der Waals surface area contributed by atoms with E-state index in [4.69, 9.17) is 4.42 Å². The molecule has 0 aliphatic heterocycles. The molecule has 0 saturated heterocycles. The zero-order chi connectivity index (χ0) is 10.6. The van der Waals surface area contributed by atoms with Crippen LogP contribution in [0.1, 0.15) is 32.1 Å². The largest absolute Gasteiger partial charge is 0.460 e. The first-order valence-electron chi connectivity index (χ1n) is 5.31. The summed E-state index contributed by atoms with van der Waals surface area (Å²) >= 11 is 0. The Labute approximate surface area is 89.4 Å². The molecule has 0 unspecified atom stereocenters. The summed E-state index contributed by atoms with van der Waals surface area (Å²) in [6, 6.07) is 8.24. The second-order valence-corrected chi connectivity index (χ2v) is 4.79. The molecule has 1 aromatic carbocycles. The van der Waals surface area contributed by atoms with Crippen LogP contribution in [0.4, 0.5) is 0 Å². The van der Waals surface area contributed by atoms with Gasteiger partial charge < -0.3 is 4.42 Å². The van der Waals surface area contributed by atoms with Crippen LogP contribution in [0.25, 0.3) is 17.0 Å². The Bertz CT molecular complexity index is 570. The van der Waals surface area contributed by atoms with Crippen molar-refractivity contribution in [2.75, 3.05) is 0 Å². The first kappa shape index (κ1) is 8.78. The van der Waals surface area contributed by atoms with Crippen LogP contribution in [-0.2, 0) is 5.41 Å². The van der Waals surface area contributed by atoms with Gasteiger partial charge in [-0.1, -0.05) is 29.8 Å². The summed E-state index contributed by atoms with van der Waals surface area (Å²) in [5, 5.41) is 1.23. The molecule has 1 heteroatoms. The third-order valence-corrected chi connectivity index (χ3v) is 3.55. The molecule has 0 spiro atoms. The van der Waals surface area contributed by atoms with E-state index in [2.05, 4.69) is 39.0 Å². The number of allylic oxidation sites excluding steroid dienone is 1. The molecule has 1 aromatic heterocycles. The van der Waals surface area contributed by atoms with Crippen molar-refractivity contribution in [3.05, 3.63) is 41.2 Å². The monoisotopic (exact) mass is 198 g/mol. The fraction of sp³-hybridized carbons (Fsp3) is 0.286. The van der Waals surface area contributed by atoms with E-state index in [0.717, 1.165) is 11.3 Å². The normalized spacial score (nSPS) is 17.9. The van der Waals surface area contributed by atoms with Gasteiger partial charge in [-0.3, -0.25) is 0 Å². The predicted molar refractivity (Wildman–Crippen MR) is 62.9 cm³/mol. The van der Waals surface area contributed by atoms with Gasteiger partial charge in [-0.05, 0) is 26.8 Å². The van der Waals surface area contributed by atoms with E-state index < -0.39 is 0 Å². The lowest BCUT2D eigenvalue weighted by Gasteiger charge is -2.18. The zero-order valence-corrected chi connectivity index (χ0v) is 9.29. The highest BCUT2D eigenvalue weighted by molar-refractivity contribution is 5.91. The highest BCUT2D eigenvalue weighted by Crippen LogP contribution is 2.45. The first-order chi connectivity index (χ1) is 7.10. The lowest BCUT2D eigenvalue weighted by Crippen LogP contribution is -2.14. The summed E-state index contributed by atoms with van der Waals surface area (Å²) in [6.45, 7) is 6.60. The Morgan fingerprint density at radius 3 is 2.67 bits per heavy atom. The minimum Gasteiger partial charge on any atom is -0.460 e. The van der Waals surface area contributed by atoms with Crippen LogP contribution < -0.4 is 0 Å². The summed E-state index contributed by atoms with van der Waals surface area (Å²) in [5.74, 6) is 1.11. The second-order valence-electron chi connectivity index (χ2n) is 4.79. The molecule has 1 nitrogen and oxygen atoms in total. The van der Waals surface area contributed by atoms with Crippen LogP contribution in [-0.4, -0.2) is 0 Å². The van der Waals surface area contributed by atoms with Gasteiger partial charge in [0.1, 0.15) is 11.3 Å². The molecule has 0 bridgehead atoms. The number of hydrogen-bond acceptors (Lipinski definition) is 1. The van der Waals surface area contributed by atoms with Crippen molar-refractivity contribution in [2.45, 2.75) is 26.2 Å². The standard InChI is InChI=1S/C14H14O/c1-9-8-11-10-6-4-5-7-12(10)15-13(11)14(9,2)3/h4-8H,1-3H3. The smallest absolute Gasteiger partial charge is 0.134 e. The van der Waals surface area contributed by atoms with Gasteiger partial charge in [0, 0.05) is 16.4 Å². The van der Waals surface area contributed by atoms with E-state index >= 15 is 0 Å². The molecule has 1 heterocycles. The zero-order valence-electron chi connectivity index (χ0n) is 9.29. The van der Waals surface area contributed by atoms with Crippen molar-refractivity contribution in [1.82, 2.24) is 0 Å². The van der Waals surface area contributed by atoms with Gasteiger partial charge in [0.15, 0.2) is 0 Å². The summed E-state index contributed by atoms with van der Waals surface area (Å²) in [7, 11) is 0. The maximum absolute atomic E-state index is 5.94. The molecular weight excluding hydrogens is 184 g/mol. The van der Waals surface area contributed by atoms with Gasteiger partial charge in [-0.15, -0.1) is 0 Å². The van der Waals surface area contributed by atoms with Crippen molar-refractivity contribution >= 4 is 17.0 Å². The van der Waals surface area contributed by atoms with Gasteiger partial charge in [-0.2, -0.15) is 0 Å². The lowest BCUT2D eigenvalue weighted by atomic mass is 9.87. The van der Waals surface area contributed by atoms with E-state index in [9.17, 15) is 0 Å². The van der Waals surface area contributed by atoms with Crippen molar-refractivity contribution < 1.29 is 4.42 Å². The van der Waals surface area contributed by atoms with Gasteiger partial charge in [0.2, 0.25) is 0 Å². The van der Waals surface area contributed by atoms with Gasteiger partial charge >= 0.3 is 0 Å². The highest BCUT2D eigenvalue weighted by atomic mass is 16.3. The molecule has 0 amide bonds. The second kappa shape index (κ2) is 2.54. The number of rotatable bonds is 0. The van der Waals surface area contributed by atoms with Crippen LogP contribution in [0.15, 0.2) is 34.3 Å². The van der Waals surface area contributed by atoms with Crippen LogP contribution in [0.5, 0.6) is 0 Å². The number of benzene rings is 1. The van der Waals surface area contributed by atoms with E-state index in [0.29, 0.717) is 0 Å². The van der Waals surface area contributed by atoms with Gasteiger partial charge in [0.25, 0.3) is 0 Å². The molecule has 0 N–H and O–H groups in total. The topological polar surface area (TPSA) is 13.1 Å². The number of fused-ring (bicyclic) bond motifs is 3. The molecule has 3 rings (SSSR count). The van der Waals surface area contributed by atoms with Crippen LogP contribution >= 0.6 is 0 Å². The van der Waals surface area contributed by atoms with Gasteiger partial charge in [0.05, 0.1) is 0 Å². The Morgan fingerprint density at radius 1 is 1.13 bits per heavy atom. The third-order valence-electron chi connectivity index (χ3n) is 3.55. The van der Waals surface area contributed by atoms with E-state index in [1.165, 1.54) is 16.5 Å². The molecule has 0 radical (unpaired) electrons. The van der Waals surface area contributed by atoms with E-state index in [1.807, 2.05) is 12.1 Å². The Hall–Kier alpha value is -1.50. The summed E-state index contributed by atoms with van der Waals surface area (Å²) in [5.41, 5.74) is 3.70. The minimum atomic E-state index is 0.0500. The average Bonchev–Trinajstić information content (AvgIpc) is 2.66. The summed E-state index contributed by atoms with van der Waals surface area (Å²) < 4.78 is 5.94. The molecule has 15 heavy (non-hydrogen) atoms. The lowest BCUT2D eigenvalue weighted by molar-refractivity contribution is 0.455. The molecule has 1 aliphatic rings. The molecule has 0 saturated carbocycles. The third kappa shape index (κ3) is 0.980. The quantitative estimate of drug-likeness (QED) is 0.620. The Balaban J connectivity index is 2.42. The maximum atomic E-state index is 5.94. The Kier molecular flexibility index (Phi) is 1.49. The van der Waals surface area contributed by atoms with Crippen molar-refractivity contribution in [3.8, 4) is 0 Å². The van der Waals surface area contributed by atoms with Crippen LogP contribution in [0.2, 0.25) is 0 Å². The van der Waals surface area contributed by atoms with Gasteiger partial charge in [-0.25, -0.2) is 0 Å². The molecule has 0 atom stereocenters.